The van der Waals surface area contributed by atoms with Gasteiger partial charge in [0.15, 0.2) is 0 Å². The van der Waals surface area contributed by atoms with Crippen molar-refractivity contribution in [3.8, 4) is 0 Å². The van der Waals surface area contributed by atoms with E-state index in [-0.39, 0.29) is 5.91 Å². The van der Waals surface area contributed by atoms with Crippen molar-refractivity contribution in [1.82, 2.24) is 0 Å². The van der Waals surface area contributed by atoms with Crippen molar-refractivity contribution in [2.24, 2.45) is 0 Å². The van der Waals surface area contributed by atoms with Gasteiger partial charge in [-0.1, -0.05) is 12.8 Å². The van der Waals surface area contributed by atoms with Crippen molar-refractivity contribution >= 4 is 29.0 Å². The summed E-state index contributed by atoms with van der Waals surface area (Å²) in [4.78, 5) is 14.4. The van der Waals surface area contributed by atoms with Gasteiger partial charge in [-0.3, -0.25) is 4.79 Å². The first-order valence-electron chi connectivity index (χ1n) is 8.54. The molecule has 1 atom stereocenters. The molecule has 1 saturated carbocycles. The van der Waals surface area contributed by atoms with E-state index in [9.17, 15) is 4.79 Å². The van der Waals surface area contributed by atoms with Gasteiger partial charge in [-0.15, -0.1) is 11.8 Å². The number of nitrogens with one attached hydrogen (secondary N) is 1. The summed E-state index contributed by atoms with van der Waals surface area (Å²) >= 11 is 1.80. The molecule has 1 amide bonds. The monoisotopic (exact) mass is 334 g/mol. The van der Waals surface area contributed by atoms with Gasteiger partial charge in [0, 0.05) is 36.8 Å². The van der Waals surface area contributed by atoms with Gasteiger partial charge in [0.2, 0.25) is 5.91 Å². The molecule has 1 heterocycles. The number of hydrogen-bond acceptors (Lipinski definition) is 4. The molecule has 5 heteroatoms. The zero-order valence-corrected chi connectivity index (χ0v) is 14.6. The Labute approximate surface area is 143 Å². The minimum atomic E-state index is 0.107. The van der Waals surface area contributed by atoms with Crippen molar-refractivity contribution in [3.63, 3.8) is 0 Å². The normalized spacial score (nSPS) is 21.8. The molecule has 1 N–H and O–H groups in total. The Morgan fingerprint density at radius 2 is 2.00 bits per heavy atom. The average molecular weight is 334 g/mol. The summed E-state index contributed by atoms with van der Waals surface area (Å²) in [5.74, 6) is 0.670. The van der Waals surface area contributed by atoms with Gasteiger partial charge < -0.3 is 15.0 Å². The molecule has 2 fully saturated rings. The largest absolute Gasteiger partial charge is 0.380 e. The predicted octanol–water partition coefficient (Wildman–Crippen LogP) is 3.53. The second kappa shape index (κ2) is 8.06. The molecule has 0 bridgehead atoms. The molecule has 3 rings (SSSR count). The highest BCUT2D eigenvalue weighted by Crippen LogP contribution is 2.29. The summed E-state index contributed by atoms with van der Waals surface area (Å²) in [6.45, 7) is 1.97. The number of methoxy groups -OCH3 is 1. The molecule has 4 nitrogen and oxygen atoms in total. The van der Waals surface area contributed by atoms with E-state index in [2.05, 4.69) is 22.3 Å². The molecular weight excluding hydrogens is 308 g/mol. The molecule has 23 heavy (non-hydrogen) atoms. The summed E-state index contributed by atoms with van der Waals surface area (Å²) in [6, 6.07) is 8.15. The van der Waals surface area contributed by atoms with Gasteiger partial charge in [-0.2, -0.15) is 0 Å². The lowest BCUT2D eigenvalue weighted by Crippen LogP contribution is -2.22. The van der Waals surface area contributed by atoms with Crippen molar-refractivity contribution < 1.29 is 9.53 Å². The number of thioether (sulfide) groups is 1. The van der Waals surface area contributed by atoms with Crippen molar-refractivity contribution in [2.75, 3.05) is 36.2 Å². The van der Waals surface area contributed by atoms with Crippen LogP contribution >= 0.6 is 11.8 Å². The molecule has 0 radical (unpaired) electrons. The number of ether oxygens (including phenoxy) is 1. The second-order valence-corrected chi connectivity index (χ2v) is 7.69. The van der Waals surface area contributed by atoms with Crippen LogP contribution in [0.25, 0.3) is 0 Å². The van der Waals surface area contributed by atoms with E-state index in [1.54, 1.807) is 18.9 Å². The van der Waals surface area contributed by atoms with Crippen molar-refractivity contribution in [1.29, 1.82) is 0 Å². The number of carbonyl (C=O) groups is 1. The van der Waals surface area contributed by atoms with Gasteiger partial charge in [0.1, 0.15) is 0 Å². The van der Waals surface area contributed by atoms with Crippen LogP contribution in [0, 0.1) is 0 Å². The van der Waals surface area contributed by atoms with E-state index in [0.29, 0.717) is 17.1 Å². The van der Waals surface area contributed by atoms with Crippen LogP contribution in [0.4, 0.5) is 11.4 Å². The Balaban J connectivity index is 1.46. The highest BCUT2D eigenvalue weighted by molar-refractivity contribution is 8.00. The summed E-state index contributed by atoms with van der Waals surface area (Å²) in [7, 11) is 1.77. The number of benzene rings is 1. The van der Waals surface area contributed by atoms with Gasteiger partial charge in [-0.25, -0.2) is 0 Å². The smallest absolute Gasteiger partial charge is 0.234 e. The quantitative estimate of drug-likeness (QED) is 0.864. The third kappa shape index (κ3) is 4.64. The third-order valence-electron chi connectivity index (χ3n) is 4.75. The van der Waals surface area contributed by atoms with E-state index < -0.39 is 0 Å². The molecule has 126 valence electrons. The summed E-state index contributed by atoms with van der Waals surface area (Å²) < 4.78 is 5.41. The predicted molar refractivity (Wildman–Crippen MR) is 97.4 cm³/mol. The summed E-state index contributed by atoms with van der Waals surface area (Å²) in [5, 5.41) is 3.69. The Bertz CT molecular complexity index is 514. The van der Waals surface area contributed by atoms with E-state index >= 15 is 0 Å². The maximum absolute atomic E-state index is 12.0. The van der Waals surface area contributed by atoms with Gasteiger partial charge in [-0.05, 0) is 43.5 Å². The standard InChI is InChI=1S/C18H26N2O2S/c1-22-16-10-11-20(12-16)15-8-6-14(7-9-15)19-18(21)13-23-17-4-2-3-5-17/h6-9,16-17H,2-5,10-13H2,1H3,(H,19,21). The SMILES string of the molecule is COC1CCN(c2ccc(NC(=O)CSC3CCCC3)cc2)C1. The van der Waals surface area contributed by atoms with Crippen LogP contribution in [-0.4, -0.2) is 43.2 Å². The number of nitrogens with zero attached hydrogens (tertiary/aromatic N) is 1. The number of rotatable bonds is 6. The highest BCUT2D eigenvalue weighted by atomic mass is 32.2. The Kier molecular flexibility index (Phi) is 5.84. The van der Waals surface area contributed by atoms with Crippen LogP contribution in [0.1, 0.15) is 32.1 Å². The number of anilines is 2. The molecule has 1 saturated heterocycles. The van der Waals surface area contributed by atoms with E-state index in [0.717, 1.165) is 25.2 Å². The van der Waals surface area contributed by atoms with Crippen LogP contribution in [0.5, 0.6) is 0 Å². The van der Waals surface area contributed by atoms with E-state index in [4.69, 9.17) is 4.74 Å². The lowest BCUT2D eigenvalue weighted by atomic mass is 10.2. The molecular formula is C18H26N2O2S. The maximum Gasteiger partial charge on any atom is 0.234 e. The lowest BCUT2D eigenvalue weighted by molar-refractivity contribution is -0.113. The average Bonchev–Trinajstić information content (AvgIpc) is 3.25. The number of amides is 1. The lowest BCUT2D eigenvalue weighted by Gasteiger charge is -2.18. The summed E-state index contributed by atoms with van der Waals surface area (Å²) in [5.41, 5.74) is 2.08. The number of hydrogen-bond donors (Lipinski definition) is 1. The van der Waals surface area contributed by atoms with E-state index in [1.807, 2.05) is 12.1 Å². The molecule has 0 aromatic heterocycles. The van der Waals surface area contributed by atoms with Gasteiger partial charge >= 0.3 is 0 Å². The fourth-order valence-corrected chi connectivity index (χ4v) is 4.48. The van der Waals surface area contributed by atoms with Gasteiger partial charge in [0.25, 0.3) is 0 Å². The fraction of sp³-hybridized carbons (Fsp3) is 0.611. The van der Waals surface area contributed by atoms with E-state index in [1.165, 1.54) is 31.4 Å². The molecule has 0 spiro atoms. The molecule has 1 unspecified atom stereocenters. The zero-order chi connectivity index (χ0) is 16.1. The Hall–Kier alpha value is -1.20. The third-order valence-corrected chi connectivity index (χ3v) is 6.12. The molecule has 2 aliphatic rings. The first-order chi connectivity index (χ1) is 11.2. The van der Waals surface area contributed by atoms with Crippen molar-refractivity contribution in [2.45, 2.75) is 43.5 Å². The zero-order valence-electron chi connectivity index (χ0n) is 13.8. The first-order valence-corrected chi connectivity index (χ1v) is 9.59. The van der Waals surface area contributed by atoms with Crippen LogP contribution in [0.3, 0.4) is 0 Å². The second-order valence-electron chi connectivity index (χ2n) is 6.40. The van der Waals surface area contributed by atoms with Crippen LogP contribution in [-0.2, 0) is 9.53 Å². The van der Waals surface area contributed by atoms with Crippen LogP contribution in [0.2, 0.25) is 0 Å². The Morgan fingerprint density at radius 3 is 2.65 bits per heavy atom. The van der Waals surface area contributed by atoms with Gasteiger partial charge in [0.05, 0.1) is 11.9 Å². The fourth-order valence-electron chi connectivity index (χ4n) is 3.36. The molecule has 1 aliphatic carbocycles. The maximum atomic E-state index is 12.0. The van der Waals surface area contributed by atoms with Crippen molar-refractivity contribution in [3.05, 3.63) is 24.3 Å². The minimum absolute atomic E-state index is 0.107. The number of carbonyl (C=O) groups excluding carboxylic acids is 1. The molecule has 1 aromatic rings. The minimum Gasteiger partial charge on any atom is -0.380 e. The Morgan fingerprint density at radius 1 is 1.26 bits per heavy atom. The van der Waals surface area contributed by atoms with Crippen LogP contribution < -0.4 is 10.2 Å². The van der Waals surface area contributed by atoms with Crippen LogP contribution in [0.15, 0.2) is 24.3 Å². The molecule has 1 aromatic carbocycles. The molecule has 1 aliphatic heterocycles. The topological polar surface area (TPSA) is 41.6 Å². The summed E-state index contributed by atoms with van der Waals surface area (Å²) in [6.07, 6.45) is 6.59. The first kappa shape index (κ1) is 16.7. The highest BCUT2D eigenvalue weighted by Gasteiger charge is 2.22.